The zero-order chi connectivity index (χ0) is 13.9. The molecule has 0 aliphatic carbocycles. The molecule has 1 aromatic heterocycles. The minimum atomic E-state index is -1.00. The molecular formula is C15H12N2O3. The number of ether oxygens (including phenoxy) is 1. The molecule has 0 aliphatic rings. The monoisotopic (exact) mass is 268 g/mol. The Kier molecular flexibility index (Phi) is 3.09. The van der Waals surface area contributed by atoms with Gasteiger partial charge in [-0.15, -0.1) is 0 Å². The van der Waals surface area contributed by atoms with Crippen molar-refractivity contribution in [3.63, 3.8) is 0 Å². The summed E-state index contributed by atoms with van der Waals surface area (Å²) in [6.07, 6.45) is 1.79. The number of aliphatic carboxylic acids is 1. The van der Waals surface area contributed by atoms with Crippen LogP contribution in [0.2, 0.25) is 0 Å². The van der Waals surface area contributed by atoms with Crippen molar-refractivity contribution in [3.8, 4) is 11.4 Å². The molecule has 0 saturated carbocycles. The third-order valence-corrected chi connectivity index (χ3v) is 2.90. The van der Waals surface area contributed by atoms with Crippen LogP contribution in [0.3, 0.4) is 0 Å². The summed E-state index contributed by atoms with van der Waals surface area (Å²) in [5, 5.41) is 14.0. The number of fused-ring (bicyclic) bond motifs is 1. The van der Waals surface area contributed by atoms with Crippen molar-refractivity contribution in [2.45, 2.75) is 0 Å². The fourth-order valence-corrected chi connectivity index (χ4v) is 2.03. The SMILES string of the molecule is O=C(O)COc1cccc(-n2ncc3ccccc32)c1. The van der Waals surface area contributed by atoms with Gasteiger partial charge in [-0.2, -0.15) is 5.10 Å². The maximum atomic E-state index is 10.5. The van der Waals surface area contributed by atoms with E-state index in [0.29, 0.717) is 5.75 Å². The Labute approximate surface area is 115 Å². The number of carboxylic acid groups (broad SMARTS) is 1. The first-order valence-corrected chi connectivity index (χ1v) is 6.12. The summed E-state index contributed by atoms with van der Waals surface area (Å²) in [5.41, 5.74) is 1.82. The number of nitrogens with zero attached hydrogens (tertiary/aromatic N) is 2. The average molecular weight is 268 g/mol. The molecule has 0 radical (unpaired) electrons. The molecule has 20 heavy (non-hydrogen) atoms. The van der Waals surface area contributed by atoms with Crippen LogP contribution in [-0.4, -0.2) is 27.5 Å². The fourth-order valence-electron chi connectivity index (χ4n) is 2.03. The van der Waals surface area contributed by atoms with E-state index in [9.17, 15) is 4.79 Å². The predicted octanol–water partition coefficient (Wildman–Crippen LogP) is 2.49. The molecule has 0 spiro atoms. The Morgan fingerprint density at radius 2 is 2.05 bits per heavy atom. The smallest absolute Gasteiger partial charge is 0.341 e. The van der Waals surface area contributed by atoms with Crippen LogP contribution in [0.25, 0.3) is 16.6 Å². The zero-order valence-electron chi connectivity index (χ0n) is 10.6. The third-order valence-electron chi connectivity index (χ3n) is 2.90. The molecule has 0 amide bonds. The van der Waals surface area contributed by atoms with Crippen molar-refractivity contribution >= 4 is 16.9 Å². The molecule has 5 heteroatoms. The van der Waals surface area contributed by atoms with E-state index >= 15 is 0 Å². The first-order chi connectivity index (χ1) is 9.74. The van der Waals surface area contributed by atoms with Crippen molar-refractivity contribution < 1.29 is 14.6 Å². The molecule has 2 aromatic carbocycles. The maximum absolute atomic E-state index is 10.5. The van der Waals surface area contributed by atoms with Crippen molar-refractivity contribution in [2.24, 2.45) is 0 Å². The van der Waals surface area contributed by atoms with Gasteiger partial charge in [0.1, 0.15) is 5.75 Å². The summed E-state index contributed by atoms with van der Waals surface area (Å²) in [5.74, 6) is -0.496. The average Bonchev–Trinajstić information content (AvgIpc) is 2.89. The molecule has 0 atom stereocenters. The minimum Gasteiger partial charge on any atom is -0.482 e. The van der Waals surface area contributed by atoms with Crippen LogP contribution in [0.1, 0.15) is 0 Å². The second kappa shape index (κ2) is 5.05. The lowest BCUT2D eigenvalue weighted by Crippen LogP contribution is -2.09. The summed E-state index contributed by atoms with van der Waals surface area (Å²) in [7, 11) is 0. The Balaban J connectivity index is 1.97. The van der Waals surface area contributed by atoms with Gasteiger partial charge in [-0.3, -0.25) is 0 Å². The van der Waals surface area contributed by atoms with Gasteiger partial charge in [0, 0.05) is 11.5 Å². The molecule has 1 N–H and O–H groups in total. The molecule has 1 heterocycles. The van der Waals surface area contributed by atoms with Gasteiger partial charge in [0.15, 0.2) is 6.61 Å². The van der Waals surface area contributed by atoms with Crippen LogP contribution < -0.4 is 4.74 Å². The van der Waals surface area contributed by atoms with Crippen molar-refractivity contribution in [1.29, 1.82) is 0 Å². The Morgan fingerprint density at radius 1 is 1.20 bits per heavy atom. The Hall–Kier alpha value is -2.82. The lowest BCUT2D eigenvalue weighted by atomic mass is 10.2. The third kappa shape index (κ3) is 2.33. The van der Waals surface area contributed by atoms with Crippen molar-refractivity contribution in [1.82, 2.24) is 9.78 Å². The number of benzene rings is 2. The van der Waals surface area contributed by atoms with Gasteiger partial charge < -0.3 is 9.84 Å². The summed E-state index contributed by atoms with van der Waals surface area (Å²) < 4.78 is 6.97. The number of hydrogen-bond donors (Lipinski definition) is 1. The Bertz CT molecular complexity index is 764. The van der Waals surface area contributed by atoms with E-state index in [1.165, 1.54) is 0 Å². The van der Waals surface area contributed by atoms with E-state index in [1.54, 1.807) is 23.0 Å². The quantitative estimate of drug-likeness (QED) is 0.789. The van der Waals surface area contributed by atoms with E-state index in [2.05, 4.69) is 5.10 Å². The zero-order valence-corrected chi connectivity index (χ0v) is 10.6. The topological polar surface area (TPSA) is 64.3 Å². The lowest BCUT2D eigenvalue weighted by Gasteiger charge is -2.07. The molecule has 0 saturated heterocycles. The van der Waals surface area contributed by atoms with Gasteiger partial charge in [0.2, 0.25) is 0 Å². The van der Waals surface area contributed by atoms with Gasteiger partial charge in [-0.1, -0.05) is 24.3 Å². The van der Waals surface area contributed by atoms with Crippen LogP contribution >= 0.6 is 0 Å². The molecule has 0 aliphatic heterocycles. The number of para-hydroxylation sites is 1. The maximum Gasteiger partial charge on any atom is 0.341 e. The highest BCUT2D eigenvalue weighted by Crippen LogP contribution is 2.21. The molecule has 0 fully saturated rings. The number of aromatic nitrogens is 2. The van der Waals surface area contributed by atoms with Gasteiger partial charge in [0.05, 0.1) is 17.4 Å². The number of carboxylic acids is 1. The first-order valence-electron chi connectivity index (χ1n) is 6.12. The molecule has 3 rings (SSSR count). The van der Waals surface area contributed by atoms with Gasteiger partial charge in [0.25, 0.3) is 0 Å². The Morgan fingerprint density at radius 3 is 2.90 bits per heavy atom. The van der Waals surface area contributed by atoms with Crippen molar-refractivity contribution in [2.75, 3.05) is 6.61 Å². The van der Waals surface area contributed by atoms with Crippen LogP contribution in [0.15, 0.2) is 54.7 Å². The van der Waals surface area contributed by atoms with Crippen LogP contribution in [0.4, 0.5) is 0 Å². The summed E-state index contributed by atoms with van der Waals surface area (Å²) >= 11 is 0. The summed E-state index contributed by atoms with van der Waals surface area (Å²) in [6, 6.07) is 15.1. The minimum absolute atomic E-state index is 0.358. The van der Waals surface area contributed by atoms with E-state index in [0.717, 1.165) is 16.6 Å². The van der Waals surface area contributed by atoms with Gasteiger partial charge >= 0.3 is 5.97 Å². The molecule has 0 unspecified atom stereocenters. The number of hydrogen-bond acceptors (Lipinski definition) is 3. The highest BCUT2D eigenvalue weighted by molar-refractivity contribution is 5.80. The van der Waals surface area contributed by atoms with E-state index in [-0.39, 0.29) is 6.61 Å². The molecule has 5 nitrogen and oxygen atoms in total. The molecular weight excluding hydrogens is 256 g/mol. The fraction of sp³-hybridized carbons (Fsp3) is 0.0667. The van der Waals surface area contributed by atoms with Gasteiger partial charge in [-0.05, 0) is 18.2 Å². The summed E-state index contributed by atoms with van der Waals surface area (Å²) in [6.45, 7) is -0.358. The highest BCUT2D eigenvalue weighted by atomic mass is 16.5. The first kappa shape index (κ1) is 12.2. The van der Waals surface area contributed by atoms with E-state index in [4.69, 9.17) is 9.84 Å². The number of carbonyl (C=O) groups is 1. The predicted molar refractivity (Wildman–Crippen MR) is 74.2 cm³/mol. The normalized spacial score (nSPS) is 10.6. The van der Waals surface area contributed by atoms with Crippen LogP contribution in [-0.2, 0) is 4.79 Å². The van der Waals surface area contributed by atoms with Gasteiger partial charge in [-0.25, -0.2) is 9.48 Å². The molecule has 100 valence electrons. The largest absolute Gasteiger partial charge is 0.482 e. The second-order valence-electron chi connectivity index (χ2n) is 4.29. The van der Waals surface area contributed by atoms with E-state index in [1.807, 2.05) is 36.4 Å². The second-order valence-corrected chi connectivity index (χ2v) is 4.29. The van der Waals surface area contributed by atoms with Crippen LogP contribution in [0.5, 0.6) is 5.75 Å². The van der Waals surface area contributed by atoms with Crippen LogP contribution in [0, 0.1) is 0 Å². The van der Waals surface area contributed by atoms with E-state index < -0.39 is 5.97 Å². The number of rotatable bonds is 4. The highest BCUT2D eigenvalue weighted by Gasteiger charge is 2.06. The lowest BCUT2D eigenvalue weighted by molar-refractivity contribution is -0.139. The summed E-state index contributed by atoms with van der Waals surface area (Å²) in [4.78, 5) is 10.5. The molecule has 3 aromatic rings. The van der Waals surface area contributed by atoms with Crippen molar-refractivity contribution in [3.05, 3.63) is 54.7 Å². The standard InChI is InChI=1S/C15H12N2O3/c18-15(19)10-20-13-6-3-5-12(8-13)17-14-7-2-1-4-11(14)9-16-17/h1-9H,10H2,(H,18,19). The molecule has 0 bridgehead atoms.